The fraction of sp³-hybridized carbons (Fsp3) is 0.308. The van der Waals surface area contributed by atoms with E-state index >= 15 is 0 Å². The van der Waals surface area contributed by atoms with E-state index in [4.69, 9.17) is 0 Å². The lowest BCUT2D eigenvalue weighted by Gasteiger charge is -2.08. The monoisotopic (exact) mass is 340 g/mol. The molecule has 5 nitrogen and oxygen atoms in total. The minimum atomic E-state index is -0.351. The van der Waals surface area contributed by atoms with Gasteiger partial charge in [-0.3, -0.25) is 4.79 Å². The van der Waals surface area contributed by atoms with Crippen molar-refractivity contribution in [3.8, 4) is 0 Å². The third kappa shape index (κ3) is 3.86. The van der Waals surface area contributed by atoms with Crippen LogP contribution >= 0.6 is 15.9 Å². The number of aryl methyl sites for hydroxylation is 1. The highest BCUT2D eigenvalue weighted by Gasteiger charge is 2.08. The maximum absolute atomic E-state index is 13.1. The summed E-state index contributed by atoms with van der Waals surface area (Å²) in [4.78, 5) is 11.8. The van der Waals surface area contributed by atoms with Crippen LogP contribution in [0.15, 0.2) is 29.0 Å². The van der Waals surface area contributed by atoms with Crippen molar-refractivity contribution in [2.45, 2.75) is 19.9 Å². The Morgan fingerprint density at radius 3 is 3.00 bits per heavy atom. The molecule has 0 aliphatic carbocycles. The Morgan fingerprint density at radius 1 is 1.50 bits per heavy atom. The standard InChI is InChI=1S/C13H14BrFN4O/c1-9-18-17-8-19(9)5-4-16-13(20)7-10-6-11(15)2-3-12(10)14/h2-3,6,8H,4-5,7H2,1H3,(H,16,20). The van der Waals surface area contributed by atoms with Crippen LogP contribution in [0.25, 0.3) is 0 Å². The van der Waals surface area contributed by atoms with Gasteiger partial charge in [-0.05, 0) is 30.7 Å². The molecule has 0 unspecified atom stereocenters. The molecule has 2 rings (SSSR count). The normalized spacial score (nSPS) is 10.6. The van der Waals surface area contributed by atoms with Crippen molar-refractivity contribution >= 4 is 21.8 Å². The Bertz CT molecular complexity index is 614. The summed E-state index contributed by atoms with van der Waals surface area (Å²) in [6.07, 6.45) is 1.75. The van der Waals surface area contributed by atoms with E-state index in [1.807, 2.05) is 11.5 Å². The van der Waals surface area contributed by atoms with E-state index in [2.05, 4.69) is 31.4 Å². The molecule has 0 saturated carbocycles. The van der Waals surface area contributed by atoms with Gasteiger partial charge < -0.3 is 9.88 Å². The second-order valence-corrected chi connectivity index (χ2v) is 5.19. The number of nitrogens with zero attached hydrogens (tertiary/aromatic N) is 3. The lowest BCUT2D eigenvalue weighted by atomic mass is 10.1. The van der Waals surface area contributed by atoms with Gasteiger partial charge >= 0.3 is 0 Å². The molecule has 0 radical (unpaired) electrons. The maximum atomic E-state index is 13.1. The van der Waals surface area contributed by atoms with Crippen LogP contribution in [0, 0.1) is 12.7 Å². The second kappa shape index (κ2) is 6.60. The molecule has 1 aromatic heterocycles. The van der Waals surface area contributed by atoms with Crippen LogP contribution in [0.2, 0.25) is 0 Å². The molecule has 0 bridgehead atoms. The molecule has 0 atom stereocenters. The Hall–Kier alpha value is -1.76. The van der Waals surface area contributed by atoms with Gasteiger partial charge in [0.15, 0.2) is 0 Å². The van der Waals surface area contributed by atoms with Gasteiger partial charge in [-0.2, -0.15) is 0 Å². The van der Waals surface area contributed by atoms with E-state index in [0.29, 0.717) is 18.7 Å². The summed E-state index contributed by atoms with van der Waals surface area (Å²) in [7, 11) is 0. The molecule has 0 saturated heterocycles. The number of amides is 1. The second-order valence-electron chi connectivity index (χ2n) is 4.33. The first-order valence-corrected chi connectivity index (χ1v) is 6.90. The molecule has 1 aromatic carbocycles. The number of nitrogens with one attached hydrogen (secondary N) is 1. The molecule has 0 fully saturated rings. The smallest absolute Gasteiger partial charge is 0.224 e. The minimum absolute atomic E-state index is 0.138. The first-order valence-electron chi connectivity index (χ1n) is 6.11. The minimum Gasteiger partial charge on any atom is -0.354 e. The van der Waals surface area contributed by atoms with Crippen LogP contribution in [-0.4, -0.2) is 27.2 Å². The number of benzene rings is 1. The van der Waals surface area contributed by atoms with Gasteiger partial charge in [0.2, 0.25) is 5.91 Å². The summed E-state index contributed by atoms with van der Waals surface area (Å²) in [6.45, 7) is 2.93. The van der Waals surface area contributed by atoms with Crippen LogP contribution in [0.3, 0.4) is 0 Å². The van der Waals surface area contributed by atoms with Crippen LogP contribution in [0.5, 0.6) is 0 Å². The van der Waals surface area contributed by atoms with Crippen LogP contribution in [0.1, 0.15) is 11.4 Å². The van der Waals surface area contributed by atoms with E-state index in [1.165, 1.54) is 12.1 Å². The Kier molecular flexibility index (Phi) is 4.84. The van der Waals surface area contributed by atoms with Crippen LogP contribution < -0.4 is 5.32 Å². The number of carbonyl (C=O) groups excluding carboxylic acids is 1. The molecule has 20 heavy (non-hydrogen) atoms. The molecule has 7 heteroatoms. The molecule has 106 valence electrons. The maximum Gasteiger partial charge on any atom is 0.224 e. The number of rotatable bonds is 5. The summed E-state index contributed by atoms with van der Waals surface area (Å²) >= 11 is 3.30. The van der Waals surface area contributed by atoms with Gasteiger partial charge in [-0.1, -0.05) is 15.9 Å². The van der Waals surface area contributed by atoms with Crippen molar-refractivity contribution in [2.24, 2.45) is 0 Å². The van der Waals surface area contributed by atoms with E-state index in [-0.39, 0.29) is 18.1 Å². The van der Waals surface area contributed by atoms with Crippen LogP contribution in [-0.2, 0) is 17.8 Å². The lowest BCUT2D eigenvalue weighted by molar-refractivity contribution is -0.120. The van der Waals surface area contributed by atoms with Crippen molar-refractivity contribution < 1.29 is 9.18 Å². The van der Waals surface area contributed by atoms with Gasteiger partial charge in [0.1, 0.15) is 18.0 Å². The van der Waals surface area contributed by atoms with Crippen molar-refractivity contribution in [3.63, 3.8) is 0 Å². The summed E-state index contributed by atoms with van der Waals surface area (Å²) in [5.41, 5.74) is 0.628. The predicted octanol–water partition coefficient (Wildman–Crippen LogP) is 1.85. The van der Waals surface area contributed by atoms with Crippen molar-refractivity contribution in [1.82, 2.24) is 20.1 Å². The van der Waals surface area contributed by atoms with E-state index in [0.717, 1.165) is 10.3 Å². The molecule has 0 aliphatic heterocycles. The van der Waals surface area contributed by atoms with E-state index in [9.17, 15) is 9.18 Å². The lowest BCUT2D eigenvalue weighted by Crippen LogP contribution is -2.28. The first kappa shape index (κ1) is 14.6. The van der Waals surface area contributed by atoms with Gasteiger partial charge in [0, 0.05) is 17.6 Å². The summed E-state index contributed by atoms with van der Waals surface area (Å²) in [5.74, 6) is 0.297. The van der Waals surface area contributed by atoms with Crippen LogP contribution in [0.4, 0.5) is 4.39 Å². The average molecular weight is 341 g/mol. The van der Waals surface area contributed by atoms with Gasteiger partial charge in [0.25, 0.3) is 0 Å². The highest BCUT2D eigenvalue weighted by molar-refractivity contribution is 9.10. The summed E-state index contributed by atoms with van der Waals surface area (Å²) in [5, 5.41) is 10.4. The zero-order valence-corrected chi connectivity index (χ0v) is 12.5. The molecule has 0 spiro atoms. The largest absolute Gasteiger partial charge is 0.354 e. The third-order valence-corrected chi connectivity index (χ3v) is 3.62. The summed E-state index contributed by atoms with van der Waals surface area (Å²) in [6, 6.07) is 4.30. The average Bonchev–Trinajstić information content (AvgIpc) is 2.80. The molecule has 2 aromatic rings. The molecule has 1 heterocycles. The number of hydrogen-bond acceptors (Lipinski definition) is 3. The van der Waals surface area contributed by atoms with E-state index < -0.39 is 0 Å². The number of carbonyl (C=O) groups is 1. The van der Waals surface area contributed by atoms with Gasteiger partial charge in [0.05, 0.1) is 6.42 Å². The Balaban J connectivity index is 1.84. The van der Waals surface area contributed by atoms with Gasteiger partial charge in [-0.25, -0.2) is 4.39 Å². The molecule has 1 N–H and O–H groups in total. The fourth-order valence-corrected chi connectivity index (χ4v) is 2.15. The summed E-state index contributed by atoms with van der Waals surface area (Å²) < 4.78 is 15.7. The number of hydrogen-bond donors (Lipinski definition) is 1. The third-order valence-electron chi connectivity index (χ3n) is 2.84. The first-order chi connectivity index (χ1) is 9.56. The Morgan fingerprint density at radius 2 is 2.30 bits per heavy atom. The predicted molar refractivity (Wildman–Crippen MR) is 75.6 cm³/mol. The number of halogens is 2. The highest BCUT2D eigenvalue weighted by atomic mass is 79.9. The van der Waals surface area contributed by atoms with Crippen molar-refractivity contribution in [1.29, 1.82) is 0 Å². The molecular weight excluding hydrogens is 327 g/mol. The quantitative estimate of drug-likeness (QED) is 0.903. The van der Waals surface area contributed by atoms with Crippen molar-refractivity contribution in [2.75, 3.05) is 6.54 Å². The topological polar surface area (TPSA) is 59.8 Å². The Labute approximate surface area is 124 Å². The SMILES string of the molecule is Cc1nncn1CCNC(=O)Cc1cc(F)ccc1Br. The molecular formula is C13H14BrFN4O. The van der Waals surface area contributed by atoms with Crippen molar-refractivity contribution in [3.05, 3.63) is 46.2 Å². The molecule has 0 aliphatic rings. The fourth-order valence-electron chi connectivity index (χ4n) is 1.76. The molecule has 1 amide bonds. The number of aromatic nitrogens is 3. The zero-order chi connectivity index (χ0) is 14.5. The van der Waals surface area contributed by atoms with Gasteiger partial charge in [-0.15, -0.1) is 10.2 Å². The highest BCUT2D eigenvalue weighted by Crippen LogP contribution is 2.18. The van der Waals surface area contributed by atoms with E-state index in [1.54, 1.807) is 12.4 Å². The zero-order valence-electron chi connectivity index (χ0n) is 10.9.